The third kappa shape index (κ3) is 1.76. The number of aliphatic hydroxyl groups excluding tert-OH is 1. The first-order valence-corrected chi connectivity index (χ1v) is 5.38. The molecule has 0 unspecified atom stereocenters. The highest BCUT2D eigenvalue weighted by Gasteiger charge is 2.31. The zero-order valence-electron chi connectivity index (χ0n) is 9.31. The number of rotatable bonds is 2. The SMILES string of the molecule is Cc1c(N)cccc1C(=O)N1CC(CO)C1. The quantitative estimate of drug-likeness (QED) is 0.719. The Hall–Kier alpha value is -1.55. The molecule has 1 fully saturated rings. The van der Waals surface area contributed by atoms with E-state index in [0.29, 0.717) is 24.3 Å². The van der Waals surface area contributed by atoms with Gasteiger partial charge in [0.05, 0.1) is 0 Å². The highest BCUT2D eigenvalue weighted by molar-refractivity contribution is 5.97. The number of hydrogen-bond donors (Lipinski definition) is 2. The van der Waals surface area contributed by atoms with Crippen LogP contribution in [0.15, 0.2) is 18.2 Å². The lowest BCUT2D eigenvalue weighted by atomic mass is 9.98. The molecule has 0 aliphatic carbocycles. The van der Waals surface area contributed by atoms with Gasteiger partial charge in [-0.1, -0.05) is 6.07 Å². The molecular weight excluding hydrogens is 204 g/mol. The number of nitrogens with zero attached hydrogens (tertiary/aromatic N) is 1. The molecule has 4 heteroatoms. The summed E-state index contributed by atoms with van der Waals surface area (Å²) in [5.41, 5.74) is 7.90. The molecule has 0 aromatic heterocycles. The Morgan fingerprint density at radius 1 is 1.56 bits per heavy atom. The van der Waals surface area contributed by atoms with Gasteiger partial charge < -0.3 is 15.7 Å². The van der Waals surface area contributed by atoms with E-state index in [1.807, 2.05) is 6.92 Å². The fraction of sp³-hybridized carbons (Fsp3) is 0.417. The van der Waals surface area contributed by atoms with Crippen LogP contribution < -0.4 is 5.73 Å². The maximum atomic E-state index is 12.1. The number of likely N-dealkylation sites (tertiary alicyclic amines) is 1. The Morgan fingerprint density at radius 2 is 2.25 bits per heavy atom. The van der Waals surface area contributed by atoms with Crippen molar-refractivity contribution in [3.63, 3.8) is 0 Å². The van der Waals surface area contributed by atoms with Crippen molar-refractivity contribution < 1.29 is 9.90 Å². The average molecular weight is 220 g/mol. The van der Waals surface area contributed by atoms with Gasteiger partial charge in [0.2, 0.25) is 0 Å². The molecule has 1 aromatic rings. The summed E-state index contributed by atoms with van der Waals surface area (Å²) >= 11 is 0. The molecule has 1 aliphatic rings. The maximum absolute atomic E-state index is 12.1. The number of nitrogens with two attached hydrogens (primary N) is 1. The number of anilines is 1. The minimum absolute atomic E-state index is 0.00880. The van der Waals surface area contributed by atoms with Crippen LogP contribution in [0.1, 0.15) is 15.9 Å². The fourth-order valence-electron chi connectivity index (χ4n) is 1.91. The predicted molar refractivity (Wildman–Crippen MR) is 62.1 cm³/mol. The van der Waals surface area contributed by atoms with E-state index in [4.69, 9.17) is 10.8 Å². The maximum Gasteiger partial charge on any atom is 0.254 e. The van der Waals surface area contributed by atoms with E-state index in [9.17, 15) is 4.79 Å². The normalized spacial score (nSPS) is 16.0. The lowest BCUT2D eigenvalue weighted by molar-refractivity contribution is 0.0361. The zero-order valence-corrected chi connectivity index (χ0v) is 9.31. The Bertz CT molecular complexity index is 411. The van der Waals surface area contributed by atoms with Crippen LogP contribution >= 0.6 is 0 Å². The van der Waals surface area contributed by atoms with E-state index >= 15 is 0 Å². The monoisotopic (exact) mass is 220 g/mol. The van der Waals surface area contributed by atoms with Crippen molar-refractivity contribution in [3.8, 4) is 0 Å². The van der Waals surface area contributed by atoms with Crippen molar-refractivity contribution in [3.05, 3.63) is 29.3 Å². The molecule has 0 bridgehead atoms. The minimum atomic E-state index is 0.00880. The number of carbonyl (C=O) groups is 1. The molecule has 1 heterocycles. The molecule has 16 heavy (non-hydrogen) atoms. The van der Waals surface area contributed by atoms with E-state index < -0.39 is 0 Å². The molecule has 0 radical (unpaired) electrons. The summed E-state index contributed by atoms with van der Waals surface area (Å²) in [6.07, 6.45) is 0. The van der Waals surface area contributed by atoms with Gasteiger partial charge in [-0.15, -0.1) is 0 Å². The van der Waals surface area contributed by atoms with Gasteiger partial charge >= 0.3 is 0 Å². The second-order valence-electron chi connectivity index (χ2n) is 4.28. The van der Waals surface area contributed by atoms with Crippen LogP contribution in [0.3, 0.4) is 0 Å². The Kier molecular flexibility index (Phi) is 2.83. The number of amides is 1. The van der Waals surface area contributed by atoms with Gasteiger partial charge in [0.25, 0.3) is 5.91 Å². The number of benzene rings is 1. The standard InChI is InChI=1S/C12H16N2O2/c1-8-10(3-2-4-11(8)13)12(16)14-5-9(6-14)7-15/h2-4,9,15H,5-7,13H2,1H3. The van der Waals surface area contributed by atoms with Crippen LogP contribution in [0.25, 0.3) is 0 Å². The summed E-state index contributed by atoms with van der Waals surface area (Å²) in [7, 11) is 0. The smallest absolute Gasteiger partial charge is 0.254 e. The predicted octanol–water partition coefficient (Wildman–Crippen LogP) is 0.642. The van der Waals surface area contributed by atoms with Crippen LogP contribution in [-0.4, -0.2) is 35.6 Å². The van der Waals surface area contributed by atoms with Crippen molar-refractivity contribution in [2.45, 2.75) is 6.92 Å². The molecule has 3 N–H and O–H groups in total. The molecule has 1 aromatic carbocycles. The van der Waals surface area contributed by atoms with Gasteiger partial charge in [0, 0.05) is 36.9 Å². The molecule has 1 saturated heterocycles. The van der Waals surface area contributed by atoms with Crippen molar-refractivity contribution in [1.29, 1.82) is 0 Å². The summed E-state index contributed by atoms with van der Waals surface area (Å²) < 4.78 is 0. The molecule has 0 atom stereocenters. The van der Waals surface area contributed by atoms with E-state index in [-0.39, 0.29) is 18.4 Å². The average Bonchev–Trinajstić information content (AvgIpc) is 2.20. The molecule has 1 amide bonds. The summed E-state index contributed by atoms with van der Waals surface area (Å²) in [6.45, 7) is 3.29. The van der Waals surface area contributed by atoms with Crippen LogP contribution in [0.5, 0.6) is 0 Å². The van der Waals surface area contributed by atoms with Crippen molar-refractivity contribution in [2.75, 3.05) is 25.4 Å². The third-order valence-electron chi connectivity index (χ3n) is 3.11. The molecule has 0 spiro atoms. The van der Waals surface area contributed by atoms with Crippen molar-refractivity contribution in [1.82, 2.24) is 4.90 Å². The largest absolute Gasteiger partial charge is 0.398 e. The highest BCUT2D eigenvalue weighted by Crippen LogP contribution is 2.22. The van der Waals surface area contributed by atoms with Crippen LogP contribution in [0, 0.1) is 12.8 Å². The van der Waals surface area contributed by atoms with Crippen LogP contribution in [0.4, 0.5) is 5.69 Å². The van der Waals surface area contributed by atoms with Gasteiger partial charge in [0.1, 0.15) is 0 Å². The van der Waals surface area contributed by atoms with Crippen molar-refractivity contribution in [2.24, 2.45) is 5.92 Å². The Morgan fingerprint density at radius 3 is 2.88 bits per heavy atom. The van der Waals surface area contributed by atoms with E-state index in [0.717, 1.165) is 5.56 Å². The van der Waals surface area contributed by atoms with Gasteiger partial charge in [-0.25, -0.2) is 0 Å². The summed E-state index contributed by atoms with van der Waals surface area (Å²) in [6, 6.07) is 5.37. The number of carbonyl (C=O) groups excluding carboxylic acids is 1. The molecule has 1 aliphatic heterocycles. The number of nitrogen functional groups attached to an aromatic ring is 1. The minimum Gasteiger partial charge on any atom is -0.398 e. The van der Waals surface area contributed by atoms with E-state index in [1.165, 1.54) is 0 Å². The van der Waals surface area contributed by atoms with E-state index in [2.05, 4.69) is 0 Å². The molecular formula is C12H16N2O2. The Labute approximate surface area is 94.7 Å². The fourth-order valence-corrected chi connectivity index (χ4v) is 1.91. The Balaban J connectivity index is 2.13. The lowest BCUT2D eigenvalue weighted by Crippen LogP contribution is -2.51. The number of hydrogen-bond acceptors (Lipinski definition) is 3. The van der Waals surface area contributed by atoms with Gasteiger partial charge in [-0.05, 0) is 24.6 Å². The lowest BCUT2D eigenvalue weighted by Gasteiger charge is -2.38. The first-order chi connectivity index (χ1) is 7.63. The van der Waals surface area contributed by atoms with Gasteiger partial charge in [-0.3, -0.25) is 4.79 Å². The first kappa shape index (κ1) is 11.0. The van der Waals surface area contributed by atoms with Crippen molar-refractivity contribution >= 4 is 11.6 Å². The summed E-state index contributed by atoms with van der Waals surface area (Å²) in [5.74, 6) is 0.250. The third-order valence-corrected chi connectivity index (χ3v) is 3.11. The molecule has 2 rings (SSSR count). The number of aliphatic hydroxyl groups is 1. The molecule has 86 valence electrons. The van der Waals surface area contributed by atoms with Gasteiger partial charge in [0.15, 0.2) is 0 Å². The highest BCUT2D eigenvalue weighted by atomic mass is 16.3. The molecule has 0 saturated carbocycles. The summed E-state index contributed by atoms with van der Waals surface area (Å²) in [4.78, 5) is 13.8. The topological polar surface area (TPSA) is 66.6 Å². The molecule has 4 nitrogen and oxygen atoms in total. The second kappa shape index (κ2) is 4.14. The van der Waals surface area contributed by atoms with E-state index in [1.54, 1.807) is 23.1 Å². The van der Waals surface area contributed by atoms with Crippen LogP contribution in [0.2, 0.25) is 0 Å². The van der Waals surface area contributed by atoms with Gasteiger partial charge in [-0.2, -0.15) is 0 Å². The summed E-state index contributed by atoms with van der Waals surface area (Å²) in [5, 5.41) is 8.90. The second-order valence-corrected chi connectivity index (χ2v) is 4.28. The first-order valence-electron chi connectivity index (χ1n) is 5.38. The van der Waals surface area contributed by atoms with Crippen LogP contribution in [-0.2, 0) is 0 Å². The zero-order chi connectivity index (χ0) is 11.7.